The molecule has 3 aromatic rings. The largest absolute Gasteiger partial charge is 0.482 e. The number of fused-ring (bicyclic) bond motifs is 2. The van der Waals surface area contributed by atoms with Gasteiger partial charge in [0.15, 0.2) is 0 Å². The number of thioether (sulfide) groups is 2. The molecule has 0 heterocycles. The molecule has 0 N–H and O–H groups in total. The number of unbranched alkanes of at least 4 members (excludes halogenated alkanes) is 2. The molecular formula is C24H30O2S2. The molecule has 3 rings (SSSR count). The van der Waals surface area contributed by atoms with Crippen LogP contribution in [0.2, 0.25) is 0 Å². The molecule has 28 heavy (non-hydrogen) atoms. The highest BCUT2D eigenvalue weighted by Gasteiger charge is 2.15. The monoisotopic (exact) mass is 414 g/mol. The Kier molecular flexibility index (Phi) is 8.69. The van der Waals surface area contributed by atoms with Crippen LogP contribution in [0.4, 0.5) is 0 Å². The fraction of sp³-hybridized carbons (Fsp3) is 0.417. The van der Waals surface area contributed by atoms with E-state index in [1.807, 2.05) is 23.5 Å². The van der Waals surface area contributed by atoms with E-state index in [0.717, 1.165) is 44.5 Å². The Balaban J connectivity index is 1.91. The second-order valence-corrected chi connectivity index (χ2v) is 8.90. The summed E-state index contributed by atoms with van der Waals surface area (Å²) >= 11 is 3.72. The predicted octanol–water partition coefficient (Wildman–Crippen LogP) is 7.73. The average Bonchev–Trinajstić information content (AvgIpc) is 2.74. The first-order chi connectivity index (χ1) is 13.9. The SMILES string of the molecule is CCCCSCOc1c2ccccc2c(OCSCCCC)c2ccccc12. The molecule has 0 saturated carbocycles. The van der Waals surface area contributed by atoms with Crippen LogP contribution in [0, 0.1) is 0 Å². The van der Waals surface area contributed by atoms with E-state index in [0.29, 0.717) is 11.9 Å². The van der Waals surface area contributed by atoms with Gasteiger partial charge in [-0.3, -0.25) is 0 Å². The molecule has 0 aliphatic carbocycles. The van der Waals surface area contributed by atoms with Crippen molar-refractivity contribution in [2.45, 2.75) is 39.5 Å². The van der Waals surface area contributed by atoms with Gasteiger partial charge in [-0.25, -0.2) is 0 Å². The lowest BCUT2D eigenvalue weighted by molar-refractivity contribution is 0.395. The summed E-state index contributed by atoms with van der Waals surface area (Å²) in [5.41, 5.74) is 0. The molecule has 3 aromatic carbocycles. The summed E-state index contributed by atoms with van der Waals surface area (Å²) in [6.07, 6.45) is 4.92. The molecule has 0 unspecified atom stereocenters. The van der Waals surface area contributed by atoms with Gasteiger partial charge in [0.2, 0.25) is 0 Å². The highest BCUT2D eigenvalue weighted by molar-refractivity contribution is 7.99. The first kappa shape index (κ1) is 21.2. The van der Waals surface area contributed by atoms with Gasteiger partial charge in [-0.1, -0.05) is 75.2 Å². The summed E-state index contributed by atoms with van der Waals surface area (Å²) in [7, 11) is 0. The number of rotatable bonds is 12. The fourth-order valence-corrected chi connectivity index (χ4v) is 4.79. The third-order valence-electron chi connectivity index (χ3n) is 4.69. The Morgan fingerprint density at radius 1 is 0.607 bits per heavy atom. The van der Waals surface area contributed by atoms with E-state index in [9.17, 15) is 0 Å². The highest BCUT2D eigenvalue weighted by atomic mass is 32.2. The van der Waals surface area contributed by atoms with Gasteiger partial charge in [-0.05, 0) is 24.3 Å². The van der Waals surface area contributed by atoms with Crippen molar-refractivity contribution in [1.29, 1.82) is 0 Å². The van der Waals surface area contributed by atoms with Crippen molar-refractivity contribution in [3.05, 3.63) is 48.5 Å². The molecule has 0 bridgehead atoms. The maximum absolute atomic E-state index is 6.29. The van der Waals surface area contributed by atoms with Crippen LogP contribution < -0.4 is 9.47 Å². The topological polar surface area (TPSA) is 18.5 Å². The Bertz CT molecular complexity index is 750. The summed E-state index contributed by atoms with van der Waals surface area (Å²) in [4.78, 5) is 0. The van der Waals surface area contributed by atoms with Crippen LogP contribution in [0.25, 0.3) is 21.5 Å². The quantitative estimate of drug-likeness (QED) is 0.171. The number of ether oxygens (including phenoxy) is 2. The Morgan fingerprint density at radius 3 is 1.29 bits per heavy atom. The molecule has 0 aliphatic rings. The first-order valence-electron chi connectivity index (χ1n) is 10.2. The summed E-state index contributed by atoms with van der Waals surface area (Å²) in [6, 6.07) is 16.9. The zero-order chi connectivity index (χ0) is 19.6. The molecule has 0 aromatic heterocycles. The minimum absolute atomic E-state index is 0.682. The maximum Gasteiger partial charge on any atom is 0.136 e. The molecule has 4 heteroatoms. The minimum atomic E-state index is 0.682. The van der Waals surface area contributed by atoms with E-state index >= 15 is 0 Å². The van der Waals surface area contributed by atoms with Crippen molar-refractivity contribution in [2.75, 3.05) is 23.4 Å². The standard InChI is InChI=1S/C24H30O2S2/c1-3-5-15-27-17-25-23-19-11-7-9-13-21(19)24(26-18-28-16-6-4-2)22-14-10-8-12-20(22)23/h7-14H,3-6,15-18H2,1-2H3. The third kappa shape index (κ3) is 5.30. The lowest BCUT2D eigenvalue weighted by atomic mass is 10.0. The van der Waals surface area contributed by atoms with Crippen LogP contribution in [-0.2, 0) is 0 Å². The number of benzene rings is 3. The molecule has 0 aliphatic heterocycles. The van der Waals surface area contributed by atoms with E-state index in [1.54, 1.807) is 0 Å². The van der Waals surface area contributed by atoms with E-state index < -0.39 is 0 Å². The van der Waals surface area contributed by atoms with E-state index in [-0.39, 0.29) is 0 Å². The van der Waals surface area contributed by atoms with Gasteiger partial charge in [0.1, 0.15) is 23.4 Å². The second-order valence-electron chi connectivity index (χ2n) is 6.80. The highest BCUT2D eigenvalue weighted by Crippen LogP contribution is 2.43. The van der Waals surface area contributed by atoms with Crippen molar-refractivity contribution < 1.29 is 9.47 Å². The van der Waals surface area contributed by atoms with Crippen molar-refractivity contribution in [2.24, 2.45) is 0 Å². The van der Waals surface area contributed by atoms with E-state index in [2.05, 4.69) is 62.4 Å². The van der Waals surface area contributed by atoms with Gasteiger partial charge >= 0.3 is 0 Å². The Hall–Kier alpha value is -1.52. The van der Waals surface area contributed by atoms with Gasteiger partial charge in [0.25, 0.3) is 0 Å². The molecule has 0 saturated heterocycles. The van der Waals surface area contributed by atoms with Crippen LogP contribution in [0.3, 0.4) is 0 Å². The van der Waals surface area contributed by atoms with Crippen LogP contribution in [-0.4, -0.2) is 23.4 Å². The molecule has 150 valence electrons. The lowest BCUT2D eigenvalue weighted by Crippen LogP contribution is -2.00. The maximum atomic E-state index is 6.29. The summed E-state index contributed by atoms with van der Waals surface area (Å²) in [6.45, 7) is 4.45. The van der Waals surface area contributed by atoms with Gasteiger partial charge in [0.05, 0.1) is 0 Å². The zero-order valence-electron chi connectivity index (χ0n) is 16.9. The van der Waals surface area contributed by atoms with E-state index in [1.165, 1.54) is 25.7 Å². The normalized spacial score (nSPS) is 11.2. The predicted molar refractivity (Wildman–Crippen MR) is 127 cm³/mol. The van der Waals surface area contributed by atoms with Crippen molar-refractivity contribution in [3.8, 4) is 11.5 Å². The fourth-order valence-electron chi connectivity index (χ4n) is 3.17. The van der Waals surface area contributed by atoms with Crippen LogP contribution >= 0.6 is 23.5 Å². The number of hydrogen-bond donors (Lipinski definition) is 0. The van der Waals surface area contributed by atoms with E-state index in [4.69, 9.17) is 9.47 Å². The molecular weight excluding hydrogens is 384 g/mol. The van der Waals surface area contributed by atoms with Crippen LogP contribution in [0.15, 0.2) is 48.5 Å². The Labute approximate surface area is 177 Å². The van der Waals surface area contributed by atoms with Gasteiger partial charge in [-0.15, -0.1) is 23.5 Å². The molecule has 0 atom stereocenters. The van der Waals surface area contributed by atoms with Gasteiger partial charge in [-0.2, -0.15) is 0 Å². The van der Waals surface area contributed by atoms with Gasteiger partial charge < -0.3 is 9.47 Å². The average molecular weight is 415 g/mol. The lowest BCUT2D eigenvalue weighted by Gasteiger charge is -2.17. The second kappa shape index (κ2) is 11.5. The molecule has 0 fully saturated rings. The smallest absolute Gasteiger partial charge is 0.136 e. The number of hydrogen-bond acceptors (Lipinski definition) is 4. The zero-order valence-corrected chi connectivity index (χ0v) is 18.5. The van der Waals surface area contributed by atoms with Gasteiger partial charge in [0, 0.05) is 21.5 Å². The Morgan fingerprint density at radius 2 is 0.964 bits per heavy atom. The van der Waals surface area contributed by atoms with Crippen molar-refractivity contribution in [3.63, 3.8) is 0 Å². The molecule has 0 radical (unpaired) electrons. The third-order valence-corrected chi connectivity index (χ3v) is 6.41. The summed E-state index contributed by atoms with van der Waals surface area (Å²) in [5, 5.41) is 4.52. The molecule has 0 amide bonds. The summed E-state index contributed by atoms with van der Waals surface area (Å²) < 4.78 is 12.6. The van der Waals surface area contributed by atoms with Crippen molar-refractivity contribution in [1.82, 2.24) is 0 Å². The first-order valence-corrected chi connectivity index (χ1v) is 12.5. The molecule has 0 spiro atoms. The minimum Gasteiger partial charge on any atom is -0.482 e. The molecule has 2 nitrogen and oxygen atoms in total. The van der Waals surface area contributed by atoms with Crippen molar-refractivity contribution >= 4 is 45.1 Å². The summed E-state index contributed by atoms with van der Waals surface area (Å²) in [5.74, 6) is 5.59. The van der Waals surface area contributed by atoms with Crippen LogP contribution in [0.5, 0.6) is 11.5 Å². The van der Waals surface area contributed by atoms with Crippen LogP contribution in [0.1, 0.15) is 39.5 Å².